The second kappa shape index (κ2) is 3.05. The van der Waals surface area contributed by atoms with E-state index in [0.29, 0.717) is 0 Å². The van der Waals surface area contributed by atoms with Crippen LogP contribution in [0.4, 0.5) is 0 Å². The number of rotatable bonds is 1. The van der Waals surface area contributed by atoms with Crippen molar-refractivity contribution in [3.8, 4) is 11.5 Å². The first-order valence-corrected chi connectivity index (χ1v) is 5.25. The van der Waals surface area contributed by atoms with Crippen molar-refractivity contribution < 1.29 is 10.2 Å². The quantitative estimate of drug-likeness (QED) is 0.626. The van der Waals surface area contributed by atoms with Crippen molar-refractivity contribution >= 4 is 10.9 Å². The highest BCUT2D eigenvalue weighted by Crippen LogP contribution is 2.26. The summed E-state index contributed by atoms with van der Waals surface area (Å²) in [5.41, 5.74) is 0. The van der Waals surface area contributed by atoms with Gasteiger partial charge >= 0.3 is 0 Å². The summed E-state index contributed by atoms with van der Waals surface area (Å²) in [6.07, 6.45) is 4.04. The third kappa shape index (κ3) is 1.80. The molecule has 60 valence electrons. The van der Waals surface area contributed by atoms with Crippen LogP contribution >= 0.6 is 0 Å². The first-order valence-electron chi connectivity index (χ1n) is 3.21. The van der Waals surface area contributed by atoms with E-state index in [1.165, 1.54) is 6.07 Å². The van der Waals surface area contributed by atoms with Crippen molar-refractivity contribution in [3.05, 3.63) is 18.2 Å². The summed E-state index contributed by atoms with van der Waals surface area (Å²) in [6, 6.07) is 4.69. The zero-order valence-electron chi connectivity index (χ0n) is 6.53. The topological polar surface area (TPSA) is 40.5 Å². The van der Waals surface area contributed by atoms with E-state index in [1.807, 2.05) is 12.5 Å². The number of hydrogen-bond donors (Lipinski definition) is 2. The molecule has 0 atom stereocenters. The number of phenolic OH excluding ortho intramolecular Hbond substituents is 2. The maximum Gasteiger partial charge on any atom is 0.196 e. The molecule has 0 spiro atoms. The van der Waals surface area contributed by atoms with E-state index < -0.39 is 0 Å². The molecule has 0 aliphatic carbocycles. The van der Waals surface area contributed by atoms with Gasteiger partial charge in [0.1, 0.15) is 18.3 Å². The Morgan fingerprint density at radius 3 is 2.27 bits per heavy atom. The molecular formula is C8H11O2S+. The lowest BCUT2D eigenvalue weighted by Gasteiger charge is -1.99. The zero-order valence-corrected chi connectivity index (χ0v) is 7.35. The van der Waals surface area contributed by atoms with Crippen molar-refractivity contribution in [2.45, 2.75) is 4.90 Å². The number of benzene rings is 1. The molecule has 0 aliphatic heterocycles. The zero-order chi connectivity index (χ0) is 8.43. The summed E-state index contributed by atoms with van der Waals surface area (Å²) < 4.78 is 0. The molecule has 0 unspecified atom stereocenters. The van der Waals surface area contributed by atoms with Gasteiger partial charge in [-0.2, -0.15) is 0 Å². The predicted octanol–water partition coefficient (Wildman–Crippen LogP) is 1.33. The van der Waals surface area contributed by atoms with Gasteiger partial charge in [-0.05, 0) is 6.07 Å². The maximum atomic E-state index is 9.31. The second-order valence-electron chi connectivity index (χ2n) is 2.47. The highest BCUT2D eigenvalue weighted by molar-refractivity contribution is 7.95. The van der Waals surface area contributed by atoms with Gasteiger partial charge in [0.05, 0.1) is 0 Å². The van der Waals surface area contributed by atoms with Crippen LogP contribution in [0.1, 0.15) is 0 Å². The van der Waals surface area contributed by atoms with Gasteiger partial charge in [-0.1, -0.05) is 0 Å². The molecule has 2 nitrogen and oxygen atoms in total. The molecule has 0 radical (unpaired) electrons. The fourth-order valence-electron chi connectivity index (χ4n) is 0.851. The molecule has 0 heterocycles. The standard InChI is InChI=1S/C8H10O2S/c1-11(2)8-4-3-6(9)5-7(8)10/h3-5H,1-2H3,(H-,9,10)/p+1. The number of phenols is 2. The van der Waals surface area contributed by atoms with Gasteiger partial charge in [-0.25, -0.2) is 0 Å². The number of aromatic hydroxyl groups is 2. The highest BCUT2D eigenvalue weighted by Gasteiger charge is 2.13. The van der Waals surface area contributed by atoms with Crippen molar-refractivity contribution in [1.29, 1.82) is 0 Å². The summed E-state index contributed by atoms with van der Waals surface area (Å²) in [5, 5.41) is 18.3. The molecule has 11 heavy (non-hydrogen) atoms. The van der Waals surface area contributed by atoms with Gasteiger partial charge in [0, 0.05) is 23.0 Å². The largest absolute Gasteiger partial charge is 0.508 e. The summed E-state index contributed by atoms with van der Waals surface area (Å²) in [5.74, 6) is 0.287. The molecule has 1 rings (SSSR count). The minimum Gasteiger partial charge on any atom is -0.508 e. The van der Waals surface area contributed by atoms with E-state index in [2.05, 4.69) is 0 Å². The normalized spacial score (nSPS) is 10.5. The molecule has 0 saturated heterocycles. The van der Waals surface area contributed by atoms with Gasteiger partial charge in [-0.15, -0.1) is 0 Å². The van der Waals surface area contributed by atoms with Crippen LogP contribution in [-0.4, -0.2) is 22.7 Å². The van der Waals surface area contributed by atoms with E-state index in [1.54, 1.807) is 12.1 Å². The van der Waals surface area contributed by atoms with Gasteiger partial charge in [0.2, 0.25) is 0 Å². The van der Waals surface area contributed by atoms with Gasteiger partial charge in [0.25, 0.3) is 0 Å². The van der Waals surface area contributed by atoms with Crippen LogP contribution in [0.15, 0.2) is 23.1 Å². The molecule has 1 aromatic carbocycles. The summed E-state index contributed by atoms with van der Waals surface area (Å²) in [7, 11) is 0.0401. The van der Waals surface area contributed by atoms with Crippen molar-refractivity contribution in [1.82, 2.24) is 0 Å². The Kier molecular flexibility index (Phi) is 2.29. The Hall–Kier alpha value is -0.830. The second-order valence-corrected chi connectivity index (χ2v) is 4.54. The van der Waals surface area contributed by atoms with E-state index in [0.717, 1.165) is 4.90 Å². The summed E-state index contributed by atoms with van der Waals surface area (Å²) in [4.78, 5) is 0.891. The first kappa shape index (κ1) is 8.27. The molecule has 3 heteroatoms. The van der Waals surface area contributed by atoms with Crippen molar-refractivity contribution in [2.24, 2.45) is 0 Å². The molecule has 0 saturated carbocycles. The third-order valence-electron chi connectivity index (χ3n) is 1.38. The minimum atomic E-state index is 0.0401. The van der Waals surface area contributed by atoms with Crippen molar-refractivity contribution in [3.63, 3.8) is 0 Å². The van der Waals surface area contributed by atoms with Gasteiger partial charge in [0.15, 0.2) is 10.6 Å². The van der Waals surface area contributed by atoms with Crippen molar-refractivity contribution in [2.75, 3.05) is 12.5 Å². The van der Waals surface area contributed by atoms with Gasteiger partial charge in [-0.3, -0.25) is 0 Å². The molecule has 0 aromatic heterocycles. The lowest BCUT2D eigenvalue weighted by atomic mass is 10.3. The van der Waals surface area contributed by atoms with Crippen LogP contribution in [0.2, 0.25) is 0 Å². The average molecular weight is 171 g/mol. The Bertz CT molecular complexity index is 258. The molecule has 0 fully saturated rings. The summed E-state index contributed by atoms with van der Waals surface area (Å²) in [6.45, 7) is 0. The molecule has 0 amide bonds. The SMILES string of the molecule is C[S+](C)c1ccc(O)cc1O. The maximum absolute atomic E-state index is 9.31. The predicted molar refractivity (Wildman–Crippen MR) is 47.3 cm³/mol. The Morgan fingerprint density at radius 1 is 1.18 bits per heavy atom. The van der Waals surface area contributed by atoms with Crippen LogP contribution in [0, 0.1) is 0 Å². The fraction of sp³-hybridized carbons (Fsp3) is 0.250. The van der Waals surface area contributed by atoms with E-state index >= 15 is 0 Å². The molecule has 0 aliphatic rings. The molecule has 1 aromatic rings. The van der Waals surface area contributed by atoms with Gasteiger partial charge < -0.3 is 10.2 Å². The Labute approximate surface area is 68.8 Å². The lowest BCUT2D eigenvalue weighted by molar-refractivity contribution is 0.441. The molecule has 2 N–H and O–H groups in total. The van der Waals surface area contributed by atoms with Crippen LogP contribution in [0.5, 0.6) is 11.5 Å². The van der Waals surface area contributed by atoms with E-state index in [9.17, 15) is 5.11 Å². The smallest absolute Gasteiger partial charge is 0.196 e. The highest BCUT2D eigenvalue weighted by atomic mass is 32.2. The third-order valence-corrected chi connectivity index (χ3v) is 2.61. The van der Waals surface area contributed by atoms with Crippen LogP contribution in [0.25, 0.3) is 0 Å². The summed E-state index contributed by atoms with van der Waals surface area (Å²) >= 11 is 0. The van der Waals surface area contributed by atoms with Crippen LogP contribution in [0.3, 0.4) is 0 Å². The average Bonchev–Trinajstić information content (AvgIpc) is 1.85. The molecular weight excluding hydrogens is 160 g/mol. The van der Waals surface area contributed by atoms with Crippen LogP contribution < -0.4 is 0 Å². The molecule has 0 bridgehead atoms. The van der Waals surface area contributed by atoms with Crippen LogP contribution in [-0.2, 0) is 10.9 Å². The number of hydrogen-bond acceptors (Lipinski definition) is 2. The Balaban J connectivity index is 3.09. The van der Waals surface area contributed by atoms with E-state index in [4.69, 9.17) is 5.11 Å². The fourth-order valence-corrected chi connectivity index (χ4v) is 1.67. The lowest BCUT2D eigenvalue weighted by Crippen LogP contribution is -1.95. The monoisotopic (exact) mass is 171 g/mol. The minimum absolute atomic E-state index is 0.0401. The van der Waals surface area contributed by atoms with E-state index in [-0.39, 0.29) is 22.4 Å². The first-order chi connectivity index (χ1) is 5.11. The Morgan fingerprint density at radius 2 is 1.82 bits per heavy atom.